The van der Waals surface area contributed by atoms with Gasteiger partial charge in [0.1, 0.15) is 18.2 Å². The molecule has 0 aromatic heterocycles. The fourth-order valence-corrected chi connectivity index (χ4v) is 1.32. The largest absolute Gasteiger partial charge is 0.522 e. The van der Waals surface area contributed by atoms with Crippen molar-refractivity contribution in [3.8, 4) is 5.75 Å². The summed E-state index contributed by atoms with van der Waals surface area (Å²) in [4.78, 5) is 0. The van der Waals surface area contributed by atoms with Crippen molar-refractivity contribution in [1.29, 1.82) is 0 Å². The van der Waals surface area contributed by atoms with Gasteiger partial charge in [-0.2, -0.15) is 0 Å². The van der Waals surface area contributed by atoms with E-state index in [1.807, 2.05) is 0 Å². The Balaban J connectivity index is 2.57. The zero-order valence-electron chi connectivity index (χ0n) is 9.63. The summed E-state index contributed by atoms with van der Waals surface area (Å²) in [5.74, 6) is -0.238. The Kier molecular flexibility index (Phi) is 4.92. The number of hydrogen-bond donors (Lipinski definition) is 1. The summed E-state index contributed by atoms with van der Waals surface area (Å²) in [6, 6.07) is 3.16. The molecule has 18 heavy (non-hydrogen) atoms. The fourth-order valence-electron chi connectivity index (χ4n) is 1.32. The normalized spacial score (nSPS) is 13.4. The van der Waals surface area contributed by atoms with E-state index in [2.05, 4.69) is 4.74 Å². The van der Waals surface area contributed by atoms with Crippen LogP contribution in [-0.2, 0) is 4.74 Å². The third-order valence-electron chi connectivity index (χ3n) is 2.07. The van der Waals surface area contributed by atoms with Crippen molar-refractivity contribution >= 4 is 0 Å². The summed E-state index contributed by atoms with van der Waals surface area (Å²) in [6.07, 6.45) is -4.68. The molecule has 2 N–H and O–H groups in total. The summed E-state index contributed by atoms with van der Waals surface area (Å²) in [6.45, 7) is 0.679. The summed E-state index contributed by atoms with van der Waals surface area (Å²) < 4.78 is 56.7. The Labute approximate surface area is 101 Å². The molecule has 1 aromatic rings. The maximum Gasteiger partial charge on any atom is 0.522 e. The molecule has 1 atom stereocenters. The van der Waals surface area contributed by atoms with E-state index < -0.39 is 24.8 Å². The van der Waals surface area contributed by atoms with Crippen LogP contribution in [-0.4, -0.2) is 19.6 Å². The number of benzene rings is 1. The Morgan fingerprint density at radius 3 is 2.50 bits per heavy atom. The molecule has 0 saturated heterocycles. The lowest BCUT2D eigenvalue weighted by Crippen LogP contribution is -2.18. The molecule has 7 heteroatoms. The Bertz CT molecular complexity index is 393. The Morgan fingerprint density at radius 1 is 1.28 bits per heavy atom. The molecule has 1 rings (SSSR count). The van der Waals surface area contributed by atoms with Crippen LogP contribution in [0.5, 0.6) is 5.75 Å². The average molecular weight is 267 g/mol. The SMILES string of the molecule is CC(N)c1cc(F)ccc1OCCOC(F)(F)F. The van der Waals surface area contributed by atoms with Gasteiger partial charge in [-0.25, -0.2) is 4.39 Å². The first-order valence-corrected chi connectivity index (χ1v) is 5.18. The van der Waals surface area contributed by atoms with Gasteiger partial charge in [0, 0.05) is 11.6 Å². The van der Waals surface area contributed by atoms with Gasteiger partial charge in [-0.05, 0) is 25.1 Å². The molecule has 0 amide bonds. The number of hydrogen-bond acceptors (Lipinski definition) is 3. The predicted molar refractivity (Wildman–Crippen MR) is 56.5 cm³/mol. The van der Waals surface area contributed by atoms with E-state index in [0.29, 0.717) is 5.56 Å². The number of alkyl halides is 3. The smallest absolute Gasteiger partial charge is 0.491 e. The van der Waals surface area contributed by atoms with Gasteiger partial charge in [0.2, 0.25) is 0 Å². The van der Waals surface area contributed by atoms with Gasteiger partial charge in [0.15, 0.2) is 0 Å². The van der Waals surface area contributed by atoms with Crippen LogP contribution < -0.4 is 10.5 Å². The van der Waals surface area contributed by atoms with E-state index in [0.717, 1.165) is 6.07 Å². The molecule has 0 saturated carbocycles. The lowest BCUT2D eigenvalue weighted by atomic mass is 10.1. The van der Waals surface area contributed by atoms with Crippen LogP contribution in [0.25, 0.3) is 0 Å². The minimum Gasteiger partial charge on any atom is -0.491 e. The first kappa shape index (κ1) is 14.7. The topological polar surface area (TPSA) is 44.5 Å². The van der Waals surface area contributed by atoms with Gasteiger partial charge in [-0.15, -0.1) is 13.2 Å². The lowest BCUT2D eigenvalue weighted by molar-refractivity contribution is -0.325. The summed E-state index contributed by atoms with van der Waals surface area (Å²) in [5.41, 5.74) is 5.99. The third-order valence-corrected chi connectivity index (χ3v) is 2.07. The number of nitrogens with two attached hydrogens (primary N) is 1. The molecule has 0 aliphatic heterocycles. The predicted octanol–water partition coefficient (Wildman–Crippen LogP) is 2.76. The van der Waals surface area contributed by atoms with E-state index in [1.165, 1.54) is 12.1 Å². The van der Waals surface area contributed by atoms with Crippen LogP contribution >= 0.6 is 0 Å². The van der Waals surface area contributed by atoms with Gasteiger partial charge in [0.25, 0.3) is 0 Å². The maximum absolute atomic E-state index is 13.0. The lowest BCUT2D eigenvalue weighted by Gasteiger charge is -2.14. The van der Waals surface area contributed by atoms with Crippen molar-refractivity contribution < 1.29 is 27.0 Å². The van der Waals surface area contributed by atoms with Crippen LogP contribution in [0.15, 0.2) is 18.2 Å². The first-order chi connectivity index (χ1) is 8.29. The van der Waals surface area contributed by atoms with Crippen molar-refractivity contribution in [2.24, 2.45) is 5.73 Å². The van der Waals surface area contributed by atoms with Crippen molar-refractivity contribution in [3.05, 3.63) is 29.6 Å². The molecular weight excluding hydrogens is 254 g/mol. The second-order valence-electron chi connectivity index (χ2n) is 3.61. The monoisotopic (exact) mass is 267 g/mol. The van der Waals surface area contributed by atoms with Crippen molar-refractivity contribution in [1.82, 2.24) is 0 Å². The van der Waals surface area contributed by atoms with E-state index in [4.69, 9.17) is 10.5 Å². The highest BCUT2D eigenvalue weighted by Gasteiger charge is 2.28. The molecule has 0 spiro atoms. The highest BCUT2D eigenvalue weighted by Crippen LogP contribution is 2.25. The first-order valence-electron chi connectivity index (χ1n) is 5.18. The molecule has 0 heterocycles. The van der Waals surface area contributed by atoms with E-state index >= 15 is 0 Å². The van der Waals surface area contributed by atoms with Gasteiger partial charge in [-0.3, -0.25) is 4.74 Å². The minimum atomic E-state index is -4.68. The molecule has 0 bridgehead atoms. The summed E-state index contributed by atoms with van der Waals surface area (Å²) in [5, 5.41) is 0. The standard InChI is InChI=1S/C11H13F4NO2/c1-7(16)9-6-8(12)2-3-10(9)17-4-5-18-11(13,14)15/h2-3,6-7H,4-5,16H2,1H3. The number of ether oxygens (including phenoxy) is 2. The minimum absolute atomic E-state index is 0.247. The molecule has 0 fully saturated rings. The highest BCUT2D eigenvalue weighted by atomic mass is 19.4. The second-order valence-corrected chi connectivity index (χ2v) is 3.61. The third kappa shape index (κ3) is 4.89. The van der Waals surface area contributed by atoms with Crippen LogP contribution in [0.2, 0.25) is 0 Å². The van der Waals surface area contributed by atoms with Crippen molar-refractivity contribution in [2.45, 2.75) is 19.3 Å². The van der Waals surface area contributed by atoms with Crippen molar-refractivity contribution in [2.75, 3.05) is 13.2 Å². The summed E-state index contributed by atoms with van der Waals surface area (Å²) >= 11 is 0. The maximum atomic E-state index is 13.0. The van der Waals surface area contributed by atoms with Crippen LogP contribution in [0.3, 0.4) is 0 Å². The summed E-state index contributed by atoms with van der Waals surface area (Å²) in [7, 11) is 0. The van der Waals surface area contributed by atoms with E-state index in [9.17, 15) is 17.6 Å². The van der Waals surface area contributed by atoms with Crippen LogP contribution in [0.1, 0.15) is 18.5 Å². The van der Waals surface area contributed by atoms with E-state index in [-0.39, 0.29) is 12.4 Å². The number of rotatable bonds is 5. The molecule has 3 nitrogen and oxygen atoms in total. The fraction of sp³-hybridized carbons (Fsp3) is 0.455. The van der Waals surface area contributed by atoms with Gasteiger partial charge >= 0.3 is 6.36 Å². The Hall–Kier alpha value is -1.34. The van der Waals surface area contributed by atoms with Gasteiger partial charge < -0.3 is 10.5 Å². The molecule has 0 aliphatic rings. The zero-order valence-corrected chi connectivity index (χ0v) is 9.63. The quantitative estimate of drug-likeness (QED) is 0.659. The molecule has 0 radical (unpaired) electrons. The zero-order chi connectivity index (χ0) is 13.8. The Morgan fingerprint density at radius 2 is 1.94 bits per heavy atom. The van der Waals surface area contributed by atoms with Crippen LogP contribution in [0, 0.1) is 5.82 Å². The van der Waals surface area contributed by atoms with Crippen LogP contribution in [0.4, 0.5) is 17.6 Å². The highest BCUT2D eigenvalue weighted by molar-refractivity contribution is 5.36. The molecule has 1 unspecified atom stereocenters. The number of halogens is 4. The van der Waals surface area contributed by atoms with E-state index in [1.54, 1.807) is 6.92 Å². The molecule has 102 valence electrons. The molecule has 1 aromatic carbocycles. The van der Waals surface area contributed by atoms with Crippen molar-refractivity contribution in [3.63, 3.8) is 0 Å². The second kappa shape index (κ2) is 6.01. The van der Waals surface area contributed by atoms with Gasteiger partial charge in [0.05, 0.1) is 6.61 Å². The van der Waals surface area contributed by atoms with Gasteiger partial charge in [-0.1, -0.05) is 0 Å². The molecule has 0 aliphatic carbocycles. The average Bonchev–Trinajstić information content (AvgIpc) is 2.24. The molecular formula is C11H13F4NO2.